The first-order valence-electron chi connectivity index (χ1n) is 20.3. The van der Waals surface area contributed by atoms with Crippen molar-refractivity contribution in [3.8, 4) is 44.5 Å². The van der Waals surface area contributed by atoms with Gasteiger partial charge in [-0.1, -0.05) is 152 Å². The third kappa shape index (κ3) is 4.20. The summed E-state index contributed by atoms with van der Waals surface area (Å²) in [7, 11) is 0. The molecule has 0 unspecified atom stereocenters. The second kappa shape index (κ2) is 11.6. The van der Waals surface area contributed by atoms with Crippen LogP contribution in [0.15, 0.2) is 179 Å². The summed E-state index contributed by atoms with van der Waals surface area (Å²) in [5.74, 6) is 0. The molecule has 1 spiro atoms. The highest BCUT2D eigenvalue weighted by molar-refractivity contribution is 6.24. The molecule has 0 atom stereocenters. The summed E-state index contributed by atoms with van der Waals surface area (Å²) in [6.07, 6.45) is 4.85. The molecule has 1 saturated carbocycles. The largest absolute Gasteiger partial charge is 0.456 e. The molecule has 2 heteroatoms. The van der Waals surface area contributed by atoms with Gasteiger partial charge in [-0.25, -0.2) is 0 Å². The van der Waals surface area contributed by atoms with Gasteiger partial charge in [0.05, 0.1) is 0 Å². The maximum atomic E-state index is 6.46. The van der Waals surface area contributed by atoms with Crippen LogP contribution in [0, 0.1) is 0 Å². The molecule has 0 saturated heterocycles. The zero-order valence-electron chi connectivity index (χ0n) is 31.3. The number of benzene rings is 9. The van der Waals surface area contributed by atoms with E-state index in [1.807, 2.05) is 0 Å². The summed E-state index contributed by atoms with van der Waals surface area (Å²) in [6.45, 7) is 0. The Morgan fingerprint density at radius 3 is 1.40 bits per heavy atom. The predicted octanol–water partition coefficient (Wildman–Crippen LogP) is 15.6. The van der Waals surface area contributed by atoms with Crippen molar-refractivity contribution in [3.05, 3.63) is 181 Å². The molecule has 0 bridgehead atoms. The number of rotatable bonds is 3. The van der Waals surface area contributed by atoms with E-state index in [2.05, 4.69) is 170 Å². The lowest BCUT2D eigenvalue weighted by Crippen LogP contribution is -2.21. The normalized spacial score (nSPS) is 14.5. The summed E-state index contributed by atoms with van der Waals surface area (Å²) >= 11 is 0. The van der Waals surface area contributed by atoms with Crippen LogP contribution < -0.4 is 0 Å². The minimum absolute atomic E-state index is 0.00876. The Morgan fingerprint density at radius 1 is 0.333 bits per heavy atom. The van der Waals surface area contributed by atoms with Gasteiger partial charge in [-0.2, -0.15) is 0 Å². The minimum Gasteiger partial charge on any atom is -0.456 e. The van der Waals surface area contributed by atoms with Gasteiger partial charge in [0.15, 0.2) is 0 Å². The SMILES string of the molecule is c1ccc2c(c1)-c1cccc(-c3c4cccc(-c5cccc6oc7ccccc7c56)c4cc4c(-c5cccc6oc7ccccc7c56)cccc34)c1C21CCCC1. The monoisotopic (exact) mass is 728 g/mol. The van der Waals surface area contributed by atoms with Crippen LogP contribution in [-0.4, -0.2) is 0 Å². The van der Waals surface area contributed by atoms with E-state index in [-0.39, 0.29) is 5.41 Å². The van der Waals surface area contributed by atoms with Gasteiger partial charge in [-0.05, 0) is 120 Å². The molecule has 0 aliphatic heterocycles. The average Bonchev–Trinajstić information content (AvgIpc) is 4.06. The van der Waals surface area contributed by atoms with Crippen molar-refractivity contribution in [2.24, 2.45) is 0 Å². The third-order valence-corrected chi connectivity index (χ3v) is 13.4. The summed E-state index contributed by atoms with van der Waals surface area (Å²) in [4.78, 5) is 0. The quantitative estimate of drug-likeness (QED) is 0.169. The summed E-state index contributed by atoms with van der Waals surface area (Å²) in [5, 5.41) is 9.62. The lowest BCUT2D eigenvalue weighted by molar-refractivity contribution is 0.551. The van der Waals surface area contributed by atoms with Crippen LogP contribution in [0.5, 0.6) is 0 Å². The molecule has 11 aromatic rings. The molecule has 13 rings (SSSR count). The Kier molecular flexibility index (Phi) is 6.36. The van der Waals surface area contributed by atoms with Gasteiger partial charge in [0, 0.05) is 27.0 Å². The highest BCUT2D eigenvalue weighted by Gasteiger charge is 2.46. The van der Waals surface area contributed by atoms with E-state index >= 15 is 0 Å². The number of para-hydroxylation sites is 2. The fourth-order valence-corrected chi connectivity index (χ4v) is 11.2. The van der Waals surface area contributed by atoms with Crippen LogP contribution in [-0.2, 0) is 5.41 Å². The van der Waals surface area contributed by atoms with Crippen LogP contribution in [0.1, 0.15) is 36.8 Å². The summed E-state index contributed by atoms with van der Waals surface area (Å²) in [6, 6.07) is 62.6. The van der Waals surface area contributed by atoms with Crippen molar-refractivity contribution in [1.82, 2.24) is 0 Å². The zero-order valence-corrected chi connectivity index (χ0v) is 31.3. The topological polar surface area (TPSA) is 26.3 Å². The molecule has 268 valence electrons. The molecule has 0 radical (unpaired) electrons. The van der Waals surface area contributed by atoms with Gasteiger partial charge in [-0.3, -0.25) is 0 Å². The Labute approximate surface area is 329 Å². The molecule has 57 heavy (non-hydrogen) atoms. The highest BCUT2D eigenvalue weighted by atomic mass is 16.3. The third-order valence-electron chi connectivity index (χ3n) is 13.4. The van der Waals surface area contributed by atoms with Gasteiger partial charge in [0.2, 0.25) is 0 Å². The molecule has 9 aromatic carbocycles. The van der Waals surface area contributed by atoms with Crippen molar-refractivity contribution in [2.75, 3.05) is 0 Å². The smallest absolute Gasteiger partial charge is 0.136 e. The zero-order chi connectivity index (χ0) is 37.2. The highest BCUT2D eigenvalue weighted by Crippen LogP contribution is 2.60. The molecule has 2 nitrogen and oxygen atoms in total. The minimum atomic E-state index is 0.00876. The number of hydrogen-bond acceptors (Lipinski definition) is 2. The van der Waals surface area contributed by atoms with Crippen LogP contribution in [0.2, 0.25) is 0 Å². The van der Waals surface area contributed by atoms with Gasteiger partial charge < -0.3 is 8.83 Å². The molecule has 2 aliphatic carbocycles. The molecular formula is C55H36O2. The predicted molar refractivity (Wildman–Crippen MR) is 237 cm³/mol. The molecular weight excluding hydrogens is 693 g/mol. The average molecular weight is 729 g/mol. The first-order chi connectivity index (χ1) is 28.3. The number of hydrogen-bond donors (Lipinski definition) is 0. The molecule has 2 aliphatic rings. The maximum absolute atomic E-state index is 6.46. The van der Waals surface area contributed by atoms with Crippen LogP contribution in [0.4, 0.5) is 0 Å². The molecule has 0 N–H and O–H groups in total. The second-order valence-electron chi connectivity index (χ2n) is 16.2. The van der Waals surface area contributed by atoms with E-state index < -0.39 is 0 Å². The van der Waals surface area contributed by atoms with Gasteiger partial charge >= 0.3 is 0 Å². The number of furan rings is 2. The maximum Gasteiger partial charge on any atom is 0.136 e. The van der Waals surface area contributed by atoms with Crippen molar-refractivity contribution < 1.29 is 8.83 Å². The van der Waals surface area contributed by atoms with Gasteiger partial charge in [0.25, 0.3) is 0 Å². The van der Waals surface area contributed by atoms with E-state index in [0.717, 1.165) is 43.9 Å². The van der Waals surface area contributed by atoms with Gasteiger partial charge in [0.1, 0.15) is 22.3 Å². The first kappa shape index (κ1) is 31.3. The molecule has 2 heterocycles. The van der Waals surface area contributed by atoms with Crippen LogP contribution in [0.3, 0.4) is 0 Å². The van der Waals surface area contributed by atoms with E-state index in [0.29, 0.717) is 0 Å². The van der Waals surface area contributed by atoms with E-state index in [1.54, 1.807) is 0 Å². The van der Waals surface area contributed by atoms with Crippen LogP contribution >= 0.6 is 0 Å². The fourth-order valence-electron chi connectivity index (χ4n) is 11.2. The van der Waals surface area contributed by atoms with Crippen molar-refractivity contribution in [2.45, 2.75) is 31.1 Å². The summed E-state index contributed by atoms with van der Waals surface area (Å²) in [5.41, 5.74) is 16.9. The van der Waals surface area contributed by atoms with E-state index in [9.17, 15) is 0 Å². The van der Waals surface area contributed by atoms with Crippen molar-refractivity contribution >= 4 is 65.4 Å². The fraction of sp³-hybridized carbons (Fsp3) is 0.0909. The molecule has 2 aromatic heterocycles. The Bertz CT molecular complexity index is 3310. The van der Waals surface area contributed by atoms with Gasteiger partial charge in [-0.15, -0.1) is 0 Å². The molecule has 0 amide bonds. The molecule has 1 fully saturated rings. The first-order valence-corrected chi connectivity index (χ1v) is 20.3. The van der Waals surface area contributed by atoms with Crippen molar-refractivity contribution in [1.29, 1.82) is 0 Å². The van der Waals surface area contributed by atoms with E-state index in [1.165, 1.54) is 103 Å². The lowest BCUT2D eigenvalue weighted by atomic mass is 9.73. The second-order valence-corrected chi connectivity index (χ2v) is 16.2. The summed E-state index contributed by atoms with van der Waals surface area (Å²) < 4.78 is 12.9. The van der Waals surface area contributed by atoms with Crippen LogP contribution in [0.25, 0.3) is 110 Å². The van der Waals surface area contributed by atoms with E-state index in [4.69, 9.17) is 8.83 Å². The Hall–Kier alpha value is -6.90. The standard InChI is InChI=1S/C55H36O2/c1-4-25-46-35(14-1)40-23-11-24-43(54(40)55(46)30-7-8-31-55)51-38-19-9-17-33(36-21-12-28-49-52(36)41-15-2-5-26-47(41)56-49)44(38)32-45-34(18-10-20-39(45)51)37-22-13-29-50-53(37)42-16-3-6-27-48(42)57-50/h1-6,9-29,32H,7-8,30-31H2. The Balaban J connectivity index is 1.20. The lowest BCUT2D eigenvalue weighted by Gasteiger charge is -2.30. The Morgan fingerprint density at radius 2 is 0.772 bits per heavy atom. The van der Waals surface area contributed by atoms with Crippen molar-refractivity contribution in [3.63, 3.8) is 0 Å². The number of fused-ring (bicyclic) bond motifs is 13.